The fourth-order valence-corrected chi connectivity index (χ4v) is 2.96. The van der Waals surface area contributed by atoms with E-state index in [4.69, 9.17) is 0 Å². The maximum atomic E-state index is 11.9. The van der Waals surface area contributed by atoms with Gasteiger partial charge in [-0.3, -0.25) is 9.79 Å². The van der Waals surface area contributed by atoms with Gasteiger partial charge in [0.15, 0.2) is 5.17 Å². The minimum Gasteiger partial charge on any atom is -0.326 e. The van der Waals surface area contributed by atoms with E-state index in [0.717, 1.165) is 29.6 Å². The van der Waals surface area contributed by atoms with Crippen LogP contribution in [0.3, 0.4) is 0 Å². The number of para-hydroxylation sites is 1. The van der Waals surface area contributed by atoms with Gasteiger partial charge in [0.1, 0.15) is 0 Å². The van der Waals surface area contributed by atoms with Gasteiger partial charge in [-0.15, -0.1) is 0 Å². The molecule has 1 aromatic rings. The number of fused-ring (bicyclic) bond motifs is 1. The highest BCUT2D eigenvalue weighted by molar-refractivity contribution is 8.16. The van der Waals surface area contributed by atoms with Crippen LogP contribution in [0.4, 0.5) is 5.69 Å². The van der Waals surface area contributed by atoms with Crippen LogP contribution in [-0.4, -0.2) is 29.1 Å². The SMILES string of the molecule is O=C(CC1=CSC2=NCCN12)Nc1ccccc1. The Morgan fingerprint density at radius 2 is 2.22 bits per heavy atom. The lowest BCUT2D eigenvalue weighted by molar-refractivity contribution is -0.115. The van der Waals surface area contributed by atoms with E-state index in [1.165, 1.54) is 0 Å². The van der Waals surface area contributed by atoms with Crippen molar-refractivity contribution in [3.63, 3.8) is 0 Å². The lowest BCUT2D eigenvalue weighted by Gasteiger charge is -2.16. The Hall–Kier alpha value is -1.75. The number of hydrogen-bond acceptors (Lipinski definition) is 4. The van der Waals surface area contributed by atoms with Crippen molar-refractivity contribution in [3.8, 4) is 0 Å². The molecule has 0 saturated heterocycles. The highest BCUT2D eigenvalue weighted by atomic mass is 32.2. The highest BCUT2D eigenvalue weighted by Crippen LogP contribution is 2.30. The summed E-state index contributed by atoms with van der Waals surface area (Å²) in [5.41, 5.74) is 1.88. The minimum atomic E-state index is 0.0150. The van der Waals surface area contributed by atoms with Crippen LogP contribution < -0.4 is 5.32 Å². The van der Waals surface area contributed by atoms with Crippen LogP contribution in [0.15, 0.2) is 46.4 Å². The maximum Gasteiger partial charge on any atom is 0.230 e. The molecule has 18 heavy (non-hydrogen) atoms. The van der Waals surface area contributed by atoms with Gasteiger partial charge < -0.3 is 10.2 Å². The molecule has 1 aromatic carbocycles. The molecule has 4 nitrogen and oxygen atoms in total. The van der Waals surface area contributed by atoms with Crippen LogP contribution in [0.1, 0.15) is 6.42 Å². The predicted octanol–water partition coefficient (Wildman–Crippen LogP) is 2.28. The fourth-order valence-electron chi connectivity index (χ4n) is 2.01. The van der Waals surface area contributed by atoms with Crippen molar-refractivity contribution in [2.45, 2.75) is 6.42 Å². The largest absolute Gasteiger partial charge is 0.326 e. The smallest absolute Gasteiger partial charge is 0.230 e. The molecule has 2 aliphatic rings. The molecule has 0 aromatic heterocycles. The van der Waals surface area contributed by atoms with Gasteiger partial charge in [0.05, 0.1) is 13.0 Å². The first-order chi connectivity index (χ1) is 8.83. The molecule has 92 valence electrons. The number of thioether (sulfide) groups is 1. The molecule has 5 heteroatoms. The Labute approximate surface area is 110 Å². The maximum absolute atomic E-state index is 11.9. The molecule has 0 saturated carbocycles. The monoisotopic (exact) mass is 259 g/mol. The van der Waals surface area contributed by atoms with Gasteiger partial charge in [0, 0.05) is 17.9 Å². The summed E-state index contributed by atoms with van der Waals surface area (Å²) in [5.74, 6) is 0.0150. The summed E-state index contributed by atoms with van der Waals surface area (Å²) in [5, 5.41) is 5.94. The van der Waals surface area contributed by atoms with Crippen LogP contribution in [0.5, 0.6) is 0 Å². The number of nitrogens with one attached hydrogen (secondary N) is 1. The normalized spacial score (nSPS) is 17.2. The summed E-state index contributed by atoms with van der Waals surface area (Å²) < 4.78 is 0. The van der Waals surface area contributed by atoms with E-state index in [0.29, 0.717) is 6.42 Å². The lowest BCUT2D eigenvalue weighted by atomic mass is 10.2. The van der Waals surface area contributed by atoms with Crippen LogP contribution in [-0.2, 0) is 4.79 Å². The van der Waals surface area contributed by atoms with Crippen molar-refractivity contribution in [1.29, 1.82) is 0 Å². The molecule has 3 rings (SSSR count). The van der Waals surface area contributed by atoms with Gasteiger partial charge in [0.2, 0.25) is 5.91 Å². The van der Waals surface area contributed by atoms with Gasteiger partial charge in [-0.1, -0.05) is 30.0 Å². The molecule has 0 bridgehead atoms. The van der Waals surface area contributed by atoms with Crippen molar-refractivity contribution >= 4 is 28.5 Å². The first kappa shape index (κ1) is 11.3. The molecule has 0 unspecified atom stereocenters. The number of amidine groups is 1. The molecule has 1 N–H and O–H groups in total. The van der Waals surface area contributed by atoms with Crippen molar-refractivity contribution < 1.29 is 4.79 Å². The number of anilines is 1. The number of benzene rings is 1. The Morgan fingerprint density at radius 3 is 3.06 bits per heavy atom. The van der Waals surface area contributed by atoms with E-state index in [2.05, 4.69) is 15.2 Å². The molecule has 0 atom stereocenters. The van der Waals surface area contributed by atoms with E-state index in [-0.39, 0.29) is 5.91 Å². The lowest BCUT2D eigenvalue weighted by Crippen LogP contribution is -2.24. The van der Waals surface area contributed by atoms with E-state index in [1.807, 2.05) is 35.7 Å². The summed E-state index contributed by atoms with van der Waals surface area (Å²) in [7, 11) is 0. The summed E-state index contributed by atoms with van der Waals surface area (Å²) in [6.07, 6.45) is 0.404. The van der Waals surface area contributed by atoms with Gasteiger partial charge in [-0.25, -0.2) is 0 Å². The van der Waals surface area contributed by atoms with Crippen molar-refractivity contribution in [3.05, 3.63) is 41.4 Å². The molecule has 0 radical (unpaired) electrons. The third-order valence-electron chi connectivity index (χ3n) is 2.85. The van der Waals surface area contributed by atoms with E-state index in [9.17, 15) is 4.79 Å². The van der Waals surface area contributed by atoms with Gasteiger partial charge in [-0.05, 0) is 17.5 Å². The topological polar surface area (TPSA) is 44.7 Å². The zero-order valence-electron chi connectivity index (χ0n) is 9.80. The van der Waals surface area contributed by atoms with Crippen LogP contribution in [0.2, 0.25) is 0 Å². The Balaban J connectivity index is 1.61. The second kappa shape index (κ2) is 4.86. The van der Waals surface area contributed by atoms with Crippen molar-refractivity contribution in [1.82, 2.24) is 4.90 Å². The predicted molar refractivity (Wildman–Crippen MR) is 74.4 cm³/mol. The average Bonchev–Trinajstić information content (AvgIpc) is 2.95. The standard InChI is InChI=1S/C13H13N3OS/c17-12(15-10-4-2-1-3-5-10)8-11-9-18-13-14-6-7-16(11)13/h1-5,9H,6-8H2,(H,15,17). The summed E-state index contributed by atoms with van der Waals surface area (Å²) in [4.78, 5) is 18.4. The second-order valence-electron chi connectivity index (χ2n) is 4.13. The Morgan fingerprint density at radius 1 is 1.39 bits per heavy atom. The Bertz CT molecular complexity index is 524. The first-order valence-electron chi connectivity index (χ1n) is 5.85. The Kier molecular flexibility index (Phi) is 3.06. The molecule has 0 spiro atoms. The number of hydrogen-bond donors (Lipinski definition) is 1. The molecule has 0 fully saturated rings. The molecular weight excluding hydrogens is 246 g/mol. The number of carbonyl (C=O) groups is 1. The van der Waals surface area contributed by atoms with Crippen LogP contribution >= 0.6 is 11.8 Å². The third kappa shape index (κ3) is 2.26. The van der Waals surface area contributed by atoms with Crippen LogP contribution in [0.25, 0.3) is 0 Å². The zero-order valence-corrected chi connectivity index (χ0v) is 10.6. The second-order valence-corrected chi connectivity index (χ2v) is 4.97. The summed E-state index contributed by atoms with van der Waals surface area (Å²) in [6.45, 7) is 1.73. The molecule has 0 aliphatic carbocycles. The van der Waals surface area contributed by atoms with Crippen molar-refractivity contribution in [2.75, 3.05) is 18.4 Å². The molecule has 2 heterocycles. The van der Waals surface area contributed by atoms with Gasteiger partial charge in [0.25, 0.3) is 0 Å². The quantitative estimate of drug-likeness (QED) is 0.905. The number of nitrogens with zero attached hydrogens (tertiary/aromatic N) is 2. The number of amides is 1. The summed E-state index contributed by atoms with van der Waals surface area (Å²) >= 11 is 1.60. The summed E-state index contributed by atoms with van der Waals surface area (Å²) in [6, 6.07) is 9.52. The van der Waals surface area contributed by atoms with E-state index in [1.54, 1.807) is 11.8 Å². The molecule has 2 aliphatic heterocycles. The van der Waals surface area contributed by atoms with Gasteiger partial charge in [-0.2, -0.15) is 0 Å². The fraction of sp³-hybridized carbons (Fsp3) is 0.231. The highest BCUT2D eigenvalue weighted by Gasteiger charge is 2.27. The van der Waals surface area contributed by atoms with E-state index >= 15 is 0 Å². The van der Waals surface area contributed by atoms with Crippen molar-refractivity contribution in [2.24, 2.45) is 4.99 Å². The number of carbonyl (C=O) groups excluding carboxylic acids is 1. The average molecular weight is 259 g/mol. The number of aliphatic imine (C=N–C) groups is 1. The van der Waals surface area contributed by atoms with Crippen LogP contribution in [0, 0.1) is 0 Å². The minimum absolute atomic E-state index is 0.0150. The first-order valence-corrected chi connectivity index (χ1v) is 6.73. The third-order valence-corrected chi connectivity index (χ3v) is 3.80. The molecule has 1 amide bonds. The molecular formula is C13H13N3OS. The van der Waals surface area contributed by atoms with E-state index < -0.39 is 0 Å². The van der Waals surface area contributed by atoms with Gasteiger partial charge >= 0.3 is 0 Å². The number of rotatable bonds is 3. The zero-order chi connectivity index (χ0) is 12.4.